The highest BCUT2D eigenvalue weighted by molar-refractivity contribution is 5.66. The molecule has 0 aliphatic heterocycles. The second-order valence-corrected chi connectivity index (χ2v) is 5.43. The van der Waals surface area contributed by atoms with E-state index in [0.717, 1.165) is 6.42 Å². The van der Waals surface area contributed by atoms with Gasteiger partial charge in [0.05, 0.1) is 12.2 Å². The Morgan fingerprint density at radius 2 is 1.81 bits per heavy atom. The summed E-state index contributed by atoms with van der Waals surface area (Å²) in [5.41, 5.74) is 0. The molecule has 0 bridgehead atoms. The molecule has 1 rings (SSSR count). The van der Waals surface area contributed by atoms with Crippen molar-refractivity contribution in [2.75, 3.05) is 14.2 Å². The summed E-state index contributed by atoms with van der Waals surface area (Å²) in [7, 11) is 3.04. The van der Waals surface area contributed by atoms with Crippen LogP contribution in [0.1, 0.15) is 32.1 Å². The highest BCUT2D eigenvalue weighted by Crippen LogP contribution is 2.39. The minimum Gasteiger partial charge on any atom is -0.481 e. The molecule has 0 aromatic rings. The fraction of sp³-hybridized carbons (Fsp3) is 0.800. The van der Waals surface area contributed by atoms with Crippen LogP contribution < -0.4 is 0 Å². The molecule has 4 unspecified atom stereocenters. The molecule has 6 heteroatoms. The Balaban J connectivity index is 2.48. The Morgan fingerprint density at radius 1 is 1.19 bits per heavy atom. The van der Waals surface area contributed by atoms with Gasteiger partial charge >= 0.3 is 5.97 Å². The fourth-order valence-corrected chi connectivity index (χ4v) is 3.03. The maximum absolute atomic E-state index is 10.4. The van der Waals surface area contributed by atoms with Crippen molar-refractivity contribution >= 4 is 5.97 Å². The normalized spacial score (nSPS) is 29.6. The van der Waals surface area contributed by atoms with Gasteiger partial charge in [0.2, 0.25) is 0 Å². The van der Waals surface area contributed by atoms with E-state index >= 15 is 0 Å². The molecule has 1 fully saturated rings. The first-order valence-corrected chi connectivity index (χ1v) is 7.29. The third-order valence-corrected chi connectivity index (χ3v) is 4.05. The molecule has 6 nitrogen and oxygen atoms in total. The van der Waals surface area contributed by atoms with Crippen molar-refractivity contribution in [1.82, 2.24) is 0 Å². The molecular weight excluding hydrogens is 276 g/mol. The maximum atomic E-state index is 10.4. The van der Waals surface area contributed by atoms with Gasteiger partial charge in [0.25, 0.3) is 0 Å². The molecule has 0 saturated heterocycles. The van der Waals surface area contributed by atoms with Gasteiger partial charge in [-0.25, -0.2) is 0 Å². The van der Waals surface area contributed by atoms with Gasteiger partial charge in [-0.15, -0.1) is 0 Å². The molecule has 122 valence electrons. The molecule has 0 heterocycles. The Morgan fingerprint density at radius 3 is 2.38 bits per heavy atom. The van der Waals surface area contributed by atoms with Crippen LogP contribution in [0.5, 0.6) is 0 Å². The van der Waals surface area contributed by atoms with Gasteiger partial charge < -0.3 is 24.8 Å². The number of carboxylic acids is 1. The van der Waals surface area contributed by atoms with Gasteiger partial charge in [-0.1, -0.05) is 12.2 Å². The third-order valence-electron chi connectivity index (χ3n) is 4.05. The smallest absolute Gasteiger partial charge is 0.303 e. The van der Waals surface area contributed by atoms with E-state index in [1.807, 2.05) is 12.2 Å². The molecule has 3 N–H and O–H groups in total. The van der Waals surface area contributed by atoms with Gasteiger partial charge in [0, 0.05) is 26.6 Å². The lowest BCUT2D eigenvalue weighted by Gasteiger charge is -2.29. The number of methoxy groups -OCH3 is 2. The van der Waals surface area contributed by atoms with E-state index in [9.17, 15) is 15.0 Å². The molecule has 1 aliphatic rings. The zero-order valence-electron chi connectivity index (χ0n) is 12.6. The van der Waals surface area contributed by atoms with E-state index in [1.54, 1.807) is 0 Å². The predicted molar refractivity (Wildman–Crippen MR) is 76.7 cm³/mol. The van der Waals surface area contributed by atoms with Crippen molar-refractivity contribution in [3.05, 3.63) is 12.2 Å². The monoisotopic (exact) mass is 302 g/mol. The molecule has 0 spiro atoms. The van der Waals surface area contributed by atoms with E-state index < -0.39 is 24.5 Å². The lowest BCUT2D eigenvalue weighted by atomic mass is 9.88. The lowest BCUT2D eigenvalue weighted by Crippen LogP contribution is -2.36. The van der Waals surface area contributed by atoms with E-state index in [2.05, 4.69) is 0 Å². The number of hydrogen-bond acceptors (Lipinski definition) is 5. The largest absolute Gasteiger partial charge is 0.481 e. The first-order valence-electron chi connectivity index (χ1n) is 7.29. The van der Waals surface area contributed by atoms with Crippen LogP contribution in [0.3, 0.4) is 0 Å². The second kappa shape index (κ2) is 9.15. The maximum Gasteiger partial charge on any atom is 0.303 e. The van der Waals surface area contributed by atoms with Crippen LogP contribution in [0.25, 0.3) is 0 Å². The zero-order valence-corrected chi connectivity index (χ0v) is 12.6. The quantitative estimate of drug-likeness (QED) is 0.437. The molecule has 0 aromatic heterocycles. The summed E-state index contributed by atoms with van der Waals surface area (Å²) in [6.45, 7) is 0. The third kappa shape index (κ3) is 5.39. The predicted octanol–water partition coefficient (Wildman–Crippen LogP) is 1.16. The van der Waals surface area contributed by atoms with Crippen LogP contribution in [0.4, 0.5) is 0 Å². The SMILES string of the molecule is COC(OC)C1C(O)CC(O)C1CCC=CCCC(=O)O. The number of carboxylic acid groups (broad SMARTS) is 1. The van der Waals surface area contributed by atoms with Crippen molar-refractivity contribution in [2.24, 2.45) is 11.8 Å². The van der Waals surface area contributed by atoms with Crippen molar-refractivity contribution < 1.29 is 29.6 Å². The number of rotatable bonds is 9. The molecule has 4 atom stereocenters. The molecule has 1 saturated carbocycles. The first kappa shape index (κ1) is 18.1. The van der Waals surface area contributed by atoms with Crippen molar-refractivity contribution in [1.29, 1.82) is 0 Å². The molecular formula is C15H26O6. The average molecular weight is 302 g/mol. The summed E-state index contributed by atoms with van der Waals surface area (Å²) >= 11 is 0. The van der Waals surface area contributed by atoms with Crippen LogP contribution >= 0.6 is 0 Å². The Kier molecular flexibility index (Phi) is 7.88. The summed E-state index contributed by atoms with van der Waals surface area (Å²) in [4.78, 5) is 10.4. The van der Waals surface area contributed by atoms with E-state index in [1.165, 1.54) is 14.2 Å². The van der Waals surface area contributed by atoms with Gasteiger partial charge in [-0.3, -0.25) is 4.79 Å². The zero-order chi connectivity index (χ0) is 15.8. The average Bonchev–Trinajstić information content (AvgIpc) is 2.70. The number of hydrogen-bond donors (Lipinski definition) is 3. The van der Waals surface area contributed by atoms with Gasteiger partial charge in [-0.2, -0.15) is 0 Å². The van der Waals surface area contributed by atoms with Crippen molar-refractivity contribution in [3.8, 4) is 0 Å². The van der Waals surface area contributed by atoms with E-state index in [0.29, 0.717) is 19.3 Å². The van der Waals surface area contributed by atoms with Gasteiger partial charge in [-0.05, 0) is 31.6 Å². The Hall–Kier alpha value is -0.950. The van der Waals surface area contributed by atoms with Gasteiger partial charge in [0.15, 0.2) is 6.29 Å². The standard InChI is InChI=1S/C15H26O6/c1-20-15(21-2)14-10(11(16)9-12(14)17)7-5-3-4-6-8-13(18)19/h3-4,10-12,14-17H,5-9H2,1-2H3,(H,18,19). The molecule has 0 aromatic carbocycles. The van der Waals surface area contributed by atoms with E-state index in [-0.39, 0.29) is 18.3 Å². The fourth-order valence-electron chi connectivity index (χ4n) is 3.03. The Bertz CT molecular complexity index is 339. The summed E-state index contributed by atoms with van der Waals surface area (Å²) in [6.07, 6.45) is 4.43. The summed E-state index contributed by atoms with van der Waals surface area (Å²) in [6, 6.07) is 0. The Labute approximate surface area is 125 Å². The number of carbonyl (C=O) groups is 1. The van der Waals surface area contributed by atoms with Crippen LogP contribution in [0.15, 0.2) is 12.2 Å². The number of ether oxygens (including phenoxy) is 2. The van der Waals surface area contributed by atoms with Crippen LogP contribution in [-0.2, 0) is 14.3 Å². The van der Waals surface area contributed by atoms with Crippen LogP contribution in [0, 0.1) is 11.8 Å². The number of aliphatic carboxylic acids is 1. The first-order chi connectivity index (χ1) is 10.0. The minimum atomic E-state index is -0.808. The highest BCUT2D eigenvalue weighted by atomic mass is 16.7. The van der Waals surface area contributed by atoms with E-state index in [4.69, 9.17) is 14.6 Å². The summed E-state index contributed by atoms with van der Waals surface area (Å²) in [5, 5.41) is 28.7. The minimum absolute atomic E-state index is 0.0889. The van der Waals surface area contributed by atoms with Crippen molar-refractivity contribution in [2.45, 2.75) is 50.6 Å². The van der Waals surface area contributed by atoms with Crippen LogP contribution in [-0.4, -0.2) is 54.0 Å². The number of allylic oxidation sites excluding steroid dienone is 2. The highest BCUT2D eigenvalue weighted by Gasteiger charge is 2.45. The van der Waals surface area contributed by atoms with Gasteiger partial charge in [0.1, 0.15) is 0 Å². The summed E-state index contributed by atoms with van der Waals surface area (Å²) in [5.74, 6) is -1.14. The topological polar surface area (TPSA) is 96.2 Å². The molecule has 21 heavy (non-hydrogen) atoms. The number of aliphatic hydroxyl groups is 2. The molecule has 0 radical (unpaired) electrons. The van der Waals surface area contributed by atoms with Crippen molar-refractivity contribution in [3.63, 3.8) is 0 Å². The number of aliphatic hydroxyl groups excluding tert-OH is 2. The van der Waals surface area contributed by atoms with Crippen LogP contribution in [0.2, 0.25) is 0 Å². The second-order valence-electron chi connectivity index (χ2n) is 5.43. The molecule has 0 amide bonds. The summed E-state index contributed by atoms with van der Waals surface area (Å²) < 4.78 is 10.5. The molecule has 1 aliphatic carbocycles. The lowest BCUT2D eigenvalue weighted by molar-refractivity contribution is -0.166.